The van der Waals surface area contributed by atoms with E-state index in [4.69, 9.17) is 5.73 Å². The first-order valence-electron chi connectivity index (χ1n) is 5.85. The van der Waals surface area contributed by atoms with Gasteiger partial charge in [-0.2, -0.15) is 10.2 Å². The molecule has 0 saturated carbocycles. The Morgan fingerprint density at radius 1 is 1.17 bits per heavy atom. The van der Waals surface area contributed by atoms with Gasteiger partial charge in [-0.3, -0.25) is 0 Å². The second-order valence-electron chi connectivity index (χ2n) is 4.28. The number of para-hydroxylation sites is 1. The lowest BCUT2D eigenvalue weighted by Gasteiger charge is -2.07. The molecule has 0 aliphatic heterocycles. The van der Waals surface area contributed by atoms with Crippen molar-refractivity contribution in [2.24, 2.45) is 12.8 Å². The van der Waals surface area contributed by atoms with Crippen molar-refractivity contribution in [1.29, 1.82) is 0 Å². The predicted octanol–water partition coefficient (Wildman–Crippen LogP) is 2.09. The number of rotatable bonds is 2. The Balaban J connectivity index is 2.28. The van der Waals surface area contributed by atoms with Crippen LogP contribution in [-0.2, 0) is 13.6 Å². The monoisotopic (exact) mass is 238 g/mol. The third-order valence-electron chi connectivity index (χ3n) is 3.26. The SMILES string of the molecule is Cn1c(-c2cnncc2CN)cc2ccccc21. The average Bonchev–Trinajstić information content (AvgIpc) is 2.76. The van der Waals surface area contributed by atoms with E-state index < -0.39 is 0 Å². The zero-order valence-corrected chi connectivity index (χ0v) is 10.2. The van der Waals surface area contributed by atoms with E-state index in [0.717, 1.165) is 16.8 Å². The Hall–Kier alpha value is -2.20. The summed E-state index contributed by atoms with van der Waals surface area (Å²) >= 11 is 0. The third-order valence-corrected chi connectivity index (χ3v) is 3.26. The first-order valence-corrected chi connectivity index (χ1v) is 5.85. The molecule has 2 N–H and O–H groups in total. The van der Waals surface area contributed by atoms with Gasteiger partial charge in [-0.1, -0.05) is 18.2 Å². The zero-order valence-electron chi connectivity index (χ0n) is 10.2. The molecule has 3 aromatic rings. The summed E-state index contributed by atoms with van der Waals surface area (Å²) in [5.41, 5.74) is 10.1. The maximum atomic E-state index is 5.76. The quantitative estimate of drug-likeness (QED) is 0.743. The molecule has 0 amide bonds. The fourth-order valence-electron chi connectivity index (χ4n) is 2.29. The molecule has 0 atom stereocenters. The van der Waals surface area contributed by atoms with Gasteiger partial charge >= 0.3 is 0 Å². The molecule has 18 heavy (non-hydrogen) atoms. The lowest BCUT2D eigenvalue weighted by molar-refractivity contribution is 0.938. The van der Waals surface area contributed by atoms with E-state index in [0.29, 0.717) is 6.54 Å². The molecule has 0 aliphatic carbocycles. The van der Waals surface area contributed by atoms with E-state index in [-0.39, 0.29) is 0 Å². The predicted molar refractivity (Wildman–Crippen MR) is 71.8 cm³/mol. The molecule has 3 rings (SSSR count). The number of aryl methyl sites for hydroxylation is 1. The number of fused-ring (bicyclic) bond motifs is 1. The smallest absolute Gasteiger partial charge is 0.0592 e. The second kappa shape index (κ2) is 4.23. The van der Waals surface area contributed by atoms with Crippen LogP contribution in [0.5, 0.6) is 0 Å². The van der Waals surface area contributed by atoms with Crippen LogP contribution in [0.3, 0.4) is 0 Å². The van der Waals surface area contributed by atoms with Crippen LogP contribution in [-0.4, -0.2) is 14.8 Å². The van der Waals surface area contributed by atoms with Gasteiger partial charge in [0, 0.05) is 30.1 Å². The molecular formula is C14H14N4. The van der Waals surface area contributed by atoms with Crippen LogP contribution in [0.25, 0.3) is 22.2 Å². The minimum atomic E-state index is 0.465. The normalized spacial score (nSPS) is 11.0. The molecule has 0 bridgehead atoms. The zero-order chi connectivity index (χ0) is 12.5. The van der Waals surface area contributed by atoms with Gasteiger partial charge < -0.3 is 10.3 Å². The molecule has 0 aliphatic rings. The number of benzene rings is 1. The lowest BCUT2D eigenvalue weighted by Crippen LogP contribution is -2.02. The van der Waals surface area contributed by atoms with Crippen LogP contribution in [0.2, 0.25) is 0 Å². The first kappa shape index (κ1) is 10.9. The highest BCUT2D eigenvalue weighted by atomic mass is 15.1. The van der Waals surface area contributed by atoms with Crippen molar-refractivity contribution in [3.8, 4) is 11.3 Å². The molecule has 4 nitrogen and oxygen atoms in total. The van der Waals surface area contributed by atoms with E-state index in [2.05, 4.69) is 40.0 Å². The van der Waals surface area contributed by atoms with Gasteiger partial charge in [-0.25, -0.2) is 0 Å². The van der Waals surface area contributed by atoms with Crippen LogP contribution in [0.4, 0.5) is 0 Å². The van der Waals surface area contributed by atoms with Gasteiger partial charge in [0.25, 0.3) is 0 Å². The summed E-state index contributed by atoms with van der Waals surface area (Å²) in [4.78, 5) is 0. The van der Waals surface area contributed by atoms with Gasteiger partial charge in [-0.15, -0.1) is 0 Å². The summed E-state index contributed by atoms with van der Waals surface area (Å²) in [6.45, 7) is 0.465. The van der Waals surface area contributed by atoms with Gasteiger partial charge in [0.2, 0.25) is 0 Å². The molecule has 4 heteroatoms. The minimum absolute atomic E-state index is 0.465. The summed E-state index contributed by atoms with van der Waals surface area (Å²) in [6, 6.07) is 10.5. The van der Waals surface area contributed by atoms with E-state index in [1.54, 1.807) is 12.4 Å². The maximum Gasteiger partial charge on any atom is 0.0592 e. The van der Waals surface area contributed by atoms with Crippen LogP contribution < -0.4 is 5.73 Å². The van der Waals surface area contributed by atoms with Crippen molar-refractivity contribution in [1.82, 2.24) is 14.8 Å². The Labute approximate surface area is 105 Å². The van der Waals surface area contributed by atoms with Crippen molar-refractivity contribution in [2.45, 2.75) is 6.54 Å². The Kier molecular flexibility index (Phi) is 2.57. The molecule has 0 unspecified atom stereocenters. The van der Waals surface area contributed by atoms with Crippen LogP contribution in [0.1, 0.15) is 5.56 Å². The van der Waals surface area contributed by atoms with Gasteiger partial charge in [-0.05, 0) is 17.7 Å². The number of hydrogen-bond donors (Lipinski definition) is 1. The van der Waals surface area contributed by atoms with Crippen LogP contribution >= 0.6 is 0 Å². The molecular weight excluding hydrogens is 224 g/mol. The van der Waals surface area contributed by atoms with Crippen molar-refractivity contribution in [2.75, 3.05) is 0 Å². The molecule has 2 aromatic heterocycles. The van der Waals surface area contributed by atoms with E-state index in [1.807, 2.05) is 12.1 Å². The summed E-state index contributed by atoms with van der Waals surface area (Å²) in [6.07, 6.45) is 3.50. The second-order valence-corrected chi connectivity index (χ2v) is 4.28. The van der Waals surface area contributed by atoms with Gasteiger partial charge in [0.1, 0.15) is 0 Å². The lowest BCUT2D eigenvalue weighted by atomic mass is 10.1. The maximum absolute atomic E-state index is 5.76. The molecule has 0 saturated heterocycles. The largest absolute Gasteiger partial charge is 0.344 e. The third kappa shape index (κ3) is 1.58. The van der Waals surface area contributed by atoms with Gasteiger partial charge in [0.15, 0.2) is 0 Å². The standard InChI is InChI=1S/C14H14N4/c1-18-13-5-3-2-4-10(13)6-14(18)12-9-17-16-8-11(12)7-15/h2-6,8-9H,7,15H2,1H3. The van der Waals surface area contributed by atoms with Crippen molar-refractivity contribution in [3.63, 3.8) is 0 Å². The van der Waals surface area contributed by atoms with Crippen molar-refractivity contribution < 1.29 is 0 Å². The highest BCUT2D eigenvalue weighted by molar-refractivity contribution is 5.87. The van der Waals surface area contributed by atoms with Crippen LogP contribution in [0, 0.1) is 0 Å². The Morgan fingerprint density at radius 2 is 1.94 bits per heavy atom. The fourth-order valence-corrected chi connectivity index (χ4v) is 2.29. The number of nitrogens with two attached hydrogens (primary N) is 1. The van der Waals surface area contributed by atoms with Crippen LogP contribution in [0.15, 0.2) is 42.7 Å². The summed E-state index contributed by atoms with van der Waals surface area (Å²) < 4.78 is 2.16. The molecule has 0 radical (unpaired) electrons. The van der Waals surface area contributed by atoms with Crippen molar-refractivity contribution in [3.05, 3.63) is 48.3 Å². The number of nitrogens with zero attached hydrogens (tertiary/aromatic N) is 3. The Morgan fingerprint density at radius 3 is 2.72 bits per heavy atom. The first-order chi connectivity index (χ1) is 8.81. The summed E-state index contributed by atoms with van der Waals surface area (Å²) in [5, 5.41) is 9.07. The Bertz CT molecular complexity index is 700. The molecule has 90 valence electrons. The molecule has 1 aromatic carbocycles. The van der Waals surface area contributed by atoms with Crippen molar-refractivity contribution >= 4 is 10.9 Å². The van der Waals surface area contributed by atoms with E-state index >= 15 is 0 Å². The molecule has 2 heterocycles. The van der Waals surface area contributed by atoms with Gasteiger partial charge in [0.05, 0.1) is 18.1 Å². The molecule has 0 fully saturated rings. The van der Waals surface area contributed by atoms with E-state index in [9.17, 15) is 0 Å². The minimum Gasteiger partial charge on any atom is -0.344 e. The highest BCUT2D eigenvalue weighted by Gasteiger charge is 2.10. The van der Waals surface area contributed by atoms with E-state index in [1.165, 1.54) is 10.9 Å². The average molecular weight is 238 g/mol. The molecule has 0 spiro atoms. The number of aromatic nitrogens is 3. The number of hydrogen-bond acceptors (Lipinski definition) is 3. The highest BCUT2D eigenvalue weighted by Crippen LogP contribution is 2.28. The fraction of sp³-hybridized carbons (Fsp3) is 0.143. The summed E-state index contributed by atoms with van der Waals surface area (Å²) in [5.74, 6) is 0. The summed E-state index contributed by atoms with van der Waals surface area (Å²) in [7, 11) is 2.05. The topological polar surface area (TPSA) is 56.7 Å².